The van der Waals surface area contributed by atoms with Gasteiger partial charge in [0.15, 0.2) is 17.2 Å². The number of esters is 2. The summed E-state index contributed by atoms with van der Waals surface area (Å²) in [7, 11) is 2.77. The summed E-state index contributed by atoms with van der Waals surface area (Å²) < 4.78 is 21.5. The smallest absolute Gasteiger partial charge is 0.339 e. The minimum Gasteiger partial charge on any atom is -0.461 e. The second-order valence-corrected chi connectivity index (χ2v) is 13.9. The summed E-state index contributed by atoms with van der Waals surface area (Å²) in [6.07, 6.45) is 1.14. The fourth-order valence-corrected chi connectivity index (χ4v) is 6.25. The van der Waals surface area contributed by atoms with Crippen LogP contribution in [-0.4, -0.2) is 89.8 Å². The van der Waals surface area contributed by atoms with Crippen LogP contribution in [0, 0.1) is 12.8 Å². The molecule has 0 aliphatic heterocycles. The van der Waals surface area contributed by atoms with Gasteiger partial charge in [-0.05, 0) is 31.9 Å². The molecule has 4 atom stereocenters. The predicted molar refractivity (Wildman–Crippen MR) is 197 cm³/mol. The molecule has 0 aliphatic rings. The van der Waals surface area contributed by atoms with E-state index < -0.39 is 58.9 Å². The topological polar surface area (TPSA) is 176 Å². The highest BCUT2D eigenvalue weighted by atomic mass is 127. The Labute approximate surface area is 314 Å². The van der Waals surface area contributed by atoms with Crippen LogP contribution in [0.25, 0.3) is 0 Å². The van der Waals surface area contributed by atoms with Crippen LogP contribution in [0.4, 0.5) is 0 Å². The van der Waals surface area contributed by atoms with E-state index >= 15 is 0 Å². The zero-order valence-electron chi connectivity index (χ0n) is 29.1. The summed E-state index contributed by atoms with van der Waals surface area (Å²) >= 11 is 3.12. The lowest BCUT2D eigenvalue weighted by molar-refractivity contribution is -0.142. The molecule has 0 saturated heterocycles. The average molecular weight is 836 g/mol. The fraction of sp³-hybridized carbons (Fsp3) is 0.417. The number of benzene rings is 2. The van der Waals surface area contributed by atoms with Gasteiger partial charge < -0.3 is 29.6 Å². The van der Waals surface area contributed by atoms with Gasteiger partial charge in [-0.25, -0.2) is 9.78 Å². The molecule has 0 radical (unpaired) electrons. The molecule has 2 amide bonds. The van der Waals surface area contributed by atoms with Crippen molar-refractivity contribution in [2.24, 2.45) is 5.92 Å². The van der Waals surface area contributed by atoms with Gasteiger partial charge in [-0.2, -0.15) is 0 Å². The molecule has 51 heavy (non-hydrogen) atoms. The van der Waals surface area contributed by atoms with E-state index in [1.165, 1.54) is 51.7 Å². The van der Waals surface area contributed by atoms with Crippen LogP contribution in [0.15, 0.2) is 60.8 Å². The molecular formula is C36H42IN3O10S. The maximum Gasteiger partial charge on any atom is 0.339 e. The van der Waals surface area contributed by atoms with Gasteiger partial charge in [0, 0.05) is 37.6 Å². The Morgan fingerprint density at radius 3 is 2.20 bits per heavy atom. The Bertz CT molecular complexity index is 1680. The Morgan fingerprint density at radius 2 is 1.59 bits per heavy atom. The van der Waals surface area contributed by atoms with E-state index in [2.05, 4.69) is 15.6 Å². The normalized spacial score (nSPS) is 13.9. The molecule has 3 rings (SSSR count). The number of nitrogens with zero attached hydrogens (tertiary/aromatic N) is 1. The number of amides is 2. The quantitative estimate of drug-likeness (QED) is 0.0962. The predicted octanol–water partition coefficient (Wildman–Crippen LogP) is 3.83. The second kappa shape index (κ2) is 20.1. The van der Waals surface area contributed by atoms with Crippen molar-refractivity contribution in [2.75, 3.05) is 31.9 Å². The number of alkyl halides is 1. The Kier molecular flexibility index (Phi) is 16.3. The summed E-state index contributed by atoms with van der Waals surface area (Å²) in [5.41, 5.74) is -0.458. The van der Waals surface area contributed by atoms with Crippen LogP contribution >= 0.6 is 33.9 Å². The third kappa shape index (κ3) is 12.3. The van der Waals surface area contributed by atoms with E-state index in [9.17, 15) is 28.8 Å². The minimum atomic E-state index is -1.70. The van der Waals surface area contributed by atoms with E-state index in [4.69, 9.17) is 18.9 Å². The molecule has 2 N–H and O–H groups in total. The number of halogens is 1. The number of Topliss-reactive ketones (excluding diaryl/α,β-unsaturated/α-hetero) is 2. The molecule has 0 saturated carbocycles. The Hall–Kier alpha value is -4.06. The Balaban J connectivity index is 1.85. The number of ether oxygens (including phenoxy) is 4. The van der Waals surface area contributed by atoms with Gasteiger partial charge in [-0.15, -0.1) is 11.3 Å². The number of carbonyl (C=O) groups excluding carboxylic acids is 6. The first kappa shape index (κ1) is 41.4. The van der Waals surface area contributed by atoms with Crippen molar-refractivity contribution in [2.45, 2.75) is 57.9 Å². The molecule has 0 spiro atoms. The van der Waals surface area contributed by atoms with Crippen LogP contribution in [0.2, 0.25) is 0 Å². The average Bonchev–Trinajstić information content (AvgIpc) is 3.56. The van der Waals surface area contributed by atoms with Crippen molar-refractivity contribution in [1.82, 2.24) is 15.6 Å². The molecular weight excluding hydrogens is 793 g/mol. The summed E-state index contributed by atoms with van der Waals surface area (Å²) in [6, 6.07) is 13.2. The van der Waals surface area contributed by atoms with Gasteiger partial charge >= 0.3 is 11.9 Å². The van der Waals surface area contributed by atoms with Crippen molar-refractivity contribution in [1.29, 1.82) is 0 Å². The van der Waals surface area contributed by atoms with Crippen LogP contribution in [0.3, 0.4) is 0 Å². The molecule has 13 nitrogen and oxygen atoms in total. The maximum atomic E-state index is 14.3. The van der Waals surface area contributed by atoms with E-state index in [0.29, 0.717) is 15.4 Å². The summed E-state index contributed by atoms with van der Waals surface area (Å²) in [4.78, 5) is 83.8. The highest BCUT2D eigenvalue weighted by molar-refractivity contribution is 14.1. The standard InChI is InChI=1S/C36H42IN3O10S/c1-22-38-17-31(51-22)34(45)40-29(20-48-5)30(42)16-26(18-47-4)33(44)39-28(15-24-11-7-6-8-12-24)32(43)36(3,21-37)50-35(46)27-14-10-9-13-25(27)19-49-23(2)41/h6-14,17,26,28-29H,15-16,18-21H2,1-5H3,(H,39,44)(H,40,45)/t26-,28-,29-,36+/m0/s1. The van der Waals surface area contributed by atoms with Crippen LogP contribution in [0.1, 0.15) is 56.4 Å². The number of thiazole rings is 1. The van der Waals surface area contributed by atoms with E-state index in [0.717, 1.165) is 5.56 Å². The summed E-state index contributed by atoms with van der Waals surface area (Å²) in [6.45, 7) is 4.01. The van der Waals surface area contributed by atoms with E-state index in [-0.39, 0.29) is 42.7 Å². The van der Waals surface area contributed by atoms with Crippen molar-refractivity contribution < 1.29 is 47.7 Å². The Morgan fingerprint density at radius 1 is 0.922 bits per heavy atom. The van der Waals surface area contributed by atoms with Crippen LogP contribution < -0.4 is 10.6 Å². The lowest BCUT2D eigenvalue weighted by Gasteiger charge is -2.31. The number of hydrogen-bond donors (Lipinski definition) is 2. The zero-order valence-corrected chi connectivity index (χ0v) is 32.0. The molecule has 274 valence electrons. The highest BCUT2D eigenvalue weighted by Gasteiger charge is 2.42. The number of carbonyl (C=O) groups is 6. The number of nitrogens with one attached hydrogen (secondary N) is 2. The first-order chi connectivity index (χ1) is 24.3. The second-order valence-electron chi connectivity index (χ2n) is 11.9. The number of aromatic nitrogens is 1. The lowest BCUT2D eigenvalue weighted by Crippen LogP contribution is -2.56. The number of methoxy groups -OCH3 is 2. The number of rotatable bonds is 20. The van der Waals surface area contributed by atoms with Gasteiger partial charge in [-0.3, -0.25) is 24.0 Å². The molecule has 2 aromatic carbocycles. The summed E-state index contributed by atoms with van der Waals surface area (Å²) in [5, 5.41) is 6.14. The summed E-state index contributed by atoms with van der Waals surface area (Å²) in [5.74, 6) is -4.58. The molecule has 0 aliphatic carbocycles. The molecule has 0 unspecified atom stereocenters. The SMILES string of the molecule is COC[C@H](CC(=O)[C@H](COC)NC(=O)c1cnc(C)s1)C(=O)N[C@@H](Cc1ccccc1)C(=O)[C@@](C)(CI)OC(=O)c1ccccc1COC(C)=O. The molecule has 15 heteroatoms. The third-order valence-electron chi connectivity index (χ3n) is 7.74. The highest BCUT2D eigenvalue weighted by Crippen LogP contribution is 2.24. The van der Waals surface area contributed by atoms with Gasteiger partial charge in [0.25, 0.3) is 5.91 Å². The van der Waals surface area contributed by atoms with Crippen LogP contribution in [0.5, 0.6) is 0 Å². The van der Waals surface area contributed by atoms with Crippen molar-refractivity contribution in [3.63, 3.8) is 0 Å². The van der Waals surface area contributed by atoms with Gasteiger partial charge in [-0.1, -0.05) is 71.1 Å². The molecule has 0 fully saturated rings. The molecule has 3 aromatic rings. The van der Waals surface area contributed by atoms with Crippen LogP contribution in [-0.2, 0) is 51.2 Å². The van der Waals surface area contributed by atoms with Crippen molar-refractivity contribution in [3.05, 3.63) is 87.4 Å². The zero-order chi connectivity index (χ0) is 37.6. The minimum absolute atomic E-state index is 0.0419. The lowest BCUT2D eigenvalue weighted by atomic mass is 9.91. The first-order valence-electron chi connectivity index (χ1n) is 15.9. The first-order valence-corrected chi connectivity index (χ1v) is 18.3. The maximum absolute atomic E-state index is 14.3. The third-order valence-corrected chi connectivity index (χ3v) is 10.1. The van der Waals surface area contributed by atoms with E-state index in [1.54, 1.807) is 49.4 Å². The van der Waals surface area contributed by atoms with Gasteiger partial charge in [0.05, 0.1) is 41.9 Å². The largest absolute Gasteiger partial charge is 0.461 e. The number of aryl methyl sites for hydroxylation is 1. The van der Waals surface area contributed by atoms with Crippen molar-refractivity contribution in [3.8, 4) is 0 Å². The molecule has 0 bridgehead atoms. The number of hydrogen-bond acceptors (Lipinski definition) is 12. The van der Waals surface area contributed by atoms with Crippen molar-refractivity contribution >= 4 is 69.2 Å². The molecule has 1 heterocycles. The fourth-order valence-electron chi connectivity index (χ4n) is 5.04. The van der Waals surface area contributed by atoms with E-state index in [1.807, 2.05) is 28.7 Å². The molecule has 1 aromatic heterocycles. The van der Waals surface area contributed by atoms with Gasteiger partial charge in [0.2, 0.25) is 5.91 Å². The number of ketones is 2. The monoisotopic (exact) mass is 835 g/mol. The van der Waals surface area contributed by atoms with Gasteiger partial charge in [0.1, 0.15) is 17.5 Å².